The summed E-state index contributed by atoms with van der Waals surface area (Å²) in [6.45, 7) is 8.30. The summed E-state index contributed by atoms with van der Waals surface area (Å²) in [6.07, 6.45) is 3.60. The Labute approximate surface area is 140 Å². The van der Waals surface area contributed by atoms with Crippen molar-refractivity contribution in [1.82, 2.24) is 10.6 Å². The summed E-state index contributed by atoms with van der Waals surface area (Å²) in [5.74, 6) is 0.546. The molecule has 128 valence electrons. The van der Waals surface area contributed by atoms with Crippen molar-refractivity contribution in [3.8, 4) is 0 Å². The van der Waals surface area contributed by atoms with Crippen molar-refractivity contribution in [1.29, 1.82) is 0 Å². The lowest BCUT2D eigenvalue weighted by molar-refractivity contribution is -0.122. The predicted octanol–water partition coefficient (Wildman–Crippen LogP) is 3.53. The van der Waals surface area contributed by atoms with E-state index in [1.807, 2.05) is 32.0 Å². The minimum atomic E-state index is -0.189. The van der Waals surface area contributed by atoms with Gasteiger partial charge in [-0.3, -0.25) is 9.59 Å². The van der Waals surface area contributed by atoms with E-state index in [2.05, 4.69) is 24.5 Å². The summed E-state index contributed by atoms with van der Waals surface area (Å²) >= 11 is 0. The standard InChI is InChI=1S/C19H30N2O2/c1-14(2)9-8-10-15(3)20-18(22)13-16(4)21-19(23)17-11-6-5-7-12-17/h5-7,11-12,14-16H,8-10,13H2,1-4H3,(H,20,22)(H,21,23). The summed E-state index contributed by atoms with van der Waals surface area (Å²) in [5, 5.41) is 5.87. The Bertz CT molecular complexity index is 485. The lowest BCUT2D eigenvalue weighted by Gasteiger charge is -2.17. The molecule has 2 N–H and O–H groups in total. The smallest absolute Gasteiger partial charge is 0.251 e. The lowest BCUT2D eigenvalue weighted by Crippen LogP contribution is -2.39. The summed E-state index contributed by atoms with van der Waals surface area (Å²) < 4.78 is 0. The van der Waals surface area contributed by atoms with Crippen molar-refractivity contribution in [3.05, 3.63) is 35.9 Å². The maximum atomic E-state index is 12.0. The Morgan fingerprint density at radius 1 is 0.913 bits per heavy atom. The van der Waals surface area contributed by atoms with Crippen molar-refractivity contribution in [2.24, 2.45) is 5.92 Å². The molecule has 0 aliphatic carbocycles. The molecule has 0 aliphatic heterocycles. The molecule has 0 radical (unpaired) electrons. The first-order valence-electron chi connectivity index (χ1n) is 8.53. The number of amides is 2. The number of nitrogens with one attached hydrogen (secondary N) is 2. The van der Waals surface area contributed by atoms with E-state index in [1.165, 1.54) is 6.42 Å². The van der Waals surface area contributed by atoms with Crippen molar-refractivity contribution in [2.45, 2.75) is 65.5 Å². The number of carbonyl (C=O) groups excluding carboxylic acids is 2. The summed E-state index contributed by atoms with van der Waals surface area (Å²) in [6, 6.07) is 9.03. The number of hydrogen-bond donors (Lipinski definition) is 2. The van der Waals surface area contributed by atoms with Gasteiger partial charge in [0.15, 0.2) is 0 Å². The van der Waals surface area contributed by atoms with E-state index >= 15 is 0 Å². The van der Waals surface area contributed by atoms with Gasteiger partial charge in [0.25, 0.3) is 5.91 Å². The first kappa shape index (κ1) is 19.2. The highest BCUT2D eigenvalue weighted by atomic mass is 16.2. The van der Waals surface area contributed by atoms with Gasteiger partial charge in [0.05, 0.1) is 0 Å². The van der Waals surface area contributed by atoms with Gasteiger partial charge >= 0.3 is 0 Å². The maximum absolute atomic E-state index is 12.0. The van der Waals surface area contributed by atoms with Crippen LogP contribution in [0, 0.1) is 5.92 Å². The van der Waals surface area contributed by atoms with Gasteiger partial charge < -0.3 is 10.6 Å². The third-order valence-electron chi connectivity index (χ3n) is 3.73. The van der Waals surface area contributed by atoms with Crippen LogP contribution in [0.15, 0.2) is 30.3 Å². The molecular formula is C19H30N2O2. The van der Waals surface area contributed by atoms with Gasteiger partial charge in [0.1, 0.15) is 0 Å². The third kappa shape index (κ3) is 8.38. The van der Waals surface area contributed by atoms with E-state index in [4.69, 9.17) is 0 Å². The molecule has 0 aliphatic rings. The molecule has 23 heavy (non-hydrogen) atoms. The Kier molecular flexibility index (Phi) is 8.38. The second kappa shape index (κ2) is 10.0. The molecule has 4 heteroatoms. The summed E-state index contributed by atoms with van der Waals surface area (Å²) in [4.78, 5) is 24.0. The molecule has 0 fully saturated rings. The van der Waals surface area contributed by atoms with E-state index in [0.29, 0.717) is 17.9 Å². The van der Waals surface area contributed by atoms with Crippen molar-refractivity contribution >= 4 is 11.8 Å². The van der Waals surface area contributed by atoms with Crippen LogP contribution in [-0.2, 0) is 4.79 Å². The molecule has 2 amide bonds. The van der Waals surface area contributed by atoms with Gasteiger partial charge in [0, 0.05) is 24.1 Å². The van der Waals surface area contributed by atoms with Gasteiger partial charge in [-0.25, -0.2) is 0 Å². The monoisotopic (exact) mass is 318 g/mol. The molecule has 0 heterocycles. The molecule has 0 bridgehead atoms. The van der Waals surface area contributed by atoms with Crippen LogP contribution >= 0.6 is 0 Å². The molecule has 2 unspecified atom stereocenters. The molecular weight excluding hydrogens is 288 g/mol. The zero-order valence-corrected chi connectivity index (χ0v) is 14.8. The average Bonchev–Trinajstić information content (AvgIpc) is 2.47. The van der Waals surface area contributed by atoms with E-state index in [1.54, 1.807) is 12.1 Å². The van der Waals surface area contributed by atoms with Crippen molar-refractivity contribution < 1.29 is 9.59 Å². The van der Waals surface area contributed by atoms with Crippen LogP contribution in [0.5, 0.6) is 0 Å². The number of hydrogen-bond acceptors (Lipinski definition) is 2. The fourth-order valence-electron chi connectivity index (χ4n) is 2.46. The van der Waals surface area contributed by atoms with Gasteiger partial charge in [-0.2, -0.15) is 0 Å². The van der Waals surface area contributed by atoms with Crippen molar-refractivity contribution in [3.63, 3.8) is 0 Å². The third-order valence-corrected chi connectivity index (χ3v) is 3.73. The molecule has 1 rings (SSSR count). The van der Waals surface area contributed by atoms with Gasteiger partial charge in [-0.1, -0.05) is 44.9 Å². The molecule has 1 aromatic carbocycles. The second-order valence-electron chi connectivity index (χ2n) is 6.74. The quantitative estimate of drug-likeness (QED) is 0.732. The average molecular weight is 318 g/mol. The SMILES string of the molecule is CC(C)CCCC(C)NC(=O)CC(C)NC(=O)c1ccccc1. The minimum Gasteiger partial charge on any atom is -0.354 e. The Balaban J connectivity index is 2.29. The maximum Gasteiger partial charge on any atom is 0.251 e. The minimum absolute atomic E-state index is 0.0112. The molecule has 4 nitrogen and oxygen atoms in total. The topological polar surface area (TPSA) is 58.2 Å². The van der Waals surface area contributed by atoms with E-state index in [0.717, 1.165) is 12.8 Å². The first-order chi connectivity index (χ1) is 10.9. The predicted molar refractivity (Wildman–Crippen MR) is 94.3 cm³/mol. The van der Waals surface area contributed by atoms with Gasteiger partial charge in [0.2, 0.25) is 5.91 Å². The van der Waals surface area contributed by atoms with Crippen LogP contribution in [0.4, 0.5) is 0 Å². The zero-order chi connectivity index (χ0) is 17.2. The van der Waals surface area contributed by atoms with E-state index in [-0.39, 0.29) is 23.9 Å². The van der Waals surface area contributed by atoms with Crippen LogP contribution in [0.2, 0.25) is 0 Å². The largest absolute Gasteiger partial charge is 0.354 e. The lowest BCUT2D eigenvalue weighted by atomic mass is 10.0. The highest BCUT2D eigenvalue weighted by molar-refractivity contribution is 5.94. The molecule has 1 aromatic rings. The highest BCUT2D eigenvalue weighted by Crippen LogP contribution is 2.08. The molecule has 0 spiro atoms. The molecule has 0 saturated carbocycles. The Morgan fingerprint density at radius 2 is 1.57 bits per heavy atom. The number of rotatable bonds is 9. The van der Waals surface area contributed by atoms with Crippen LogP contribution < -0.4 is 10.6 Å². The Hall–Kier alpha value is -1.84. The van der Waals surface area contributed by atoms with Crippen molar-refractivity contribution in [2.75, 3.05) is 0 Å². The van der Waals surface area contributed by atoms with Gasteiger partial charge in [-0.15, -0.1) is 0 Å². The van der Waals surface area contributed by atoms with Crippen LogP contribution in [-0.4, -0.2) is 23.9 Å². The summed E-state index contributed by atoms with van der Waals surface area (Å²) in [5.41, 5.74) is 0.613. The summed E-state index contributed by atoms with van der Waals surface area (Å²) in [7, 11) is 0. The molecule has 0 saturated heterocycles. The normalized spacial score (nSPS) is 13.4. The van der Waals surface area contributed by atoms with Crippen LogP contribution in [0.25, 0.3) is 0 Å². The van der Waals surface area contributed by atoms with E-state index in [9.17, 15) is 9.59 Å². The van der Waals surface area contributed by atoms with Crippen LogP contribution in [0.1, 0.15) is 63.7 Å². The zero-order valence-electron chi connectivity index (χ0n) is 14.8. The van der Waals surface area contributed by atoms with E-state index < -0.39 is 0 Å². The number of carbonyl (C=O) groups is 2. The fourth-order valence-corrected chi connectivity index (χ4v) is 2.46. The Morgan fingerprint density at radius 3 is 2.17 bits per heavy atom. The highest BCUT2D eigenvalue weighted by Gasteiger charge is 2.14. The molecule has 0 aromatic heterocycles. The fraction of sp³-hybridized carbons (Fsp3) is 0.579. The molecule has 2 atom stereocenters. The van der Waals surface area contributed by atoms with Gasteiger partial charge in [-0.05, 0) is 38.3 Å². The second-order valence-corrected chi connectivity index (χ2v) is 6.74. The first-order valence-corrected chi connectivity index (χ1v) is 8.53. The van der Waals surface area contributed by atoms with Crippen LogP contribution in [0.3, 0.4) is 0 Å². The number of benzene rings is 1.